The van der Waals surface area contributed by atoms with E-state index in [0.717, 1.165) is 34.2 Å². The minimum Gasteiger partial charge on any atom is -0.316 e. The fourth-order valence-corrected chi connectivity index (χ4v) is 5.58. The van der Waals surface area contributed by atoms with Crippen LogP contribution in [0.1, 0.15) is 34.4 Å². The average Bonchev–Trinajstić information content (AvgIpc) is 3.07. The summed E-state index contributed by atoms with van der Waals surface area (Å²) in [6, 6.07) is 2.27. The number of carbonyl (C=O) groups excluding carboxylic acids is 1. The fraction of sp³-hybridized carbons (Fsp3) is 0.467. The maximum absolute atomic E-state index is 12.2. The van der Waals surface area contributed by atoms with Gasteiger partial charge in [0.2, 0.25) is 5.91 Å². The first-order chi connectivity index (χ1) is 11.1. The molecular formula is C15H16N4OS3. The van der Waals surface area contributed by atoms with Crippen molar-refractivity contribution in [1.29, 1.82) is 5.26 Å². The van der Waals surface area contributed by atoms with E-state index in [1.165, 1.54) is 28.0 Å². The van der Waals surface area contributed by atoms with Gasteiger partial charge >= 0.3 is 0 Å². The summed E-state index contributed by atoms with van der Waals surface area (Å²) in [6.45, 7) is 4.12. The number of nitriles is 1. The molecule has 0 fully saturated rings. The van der Waals surface area contributed by atoms with Crippen LogP contribution < -0.4 is 5.32 Å². The Kier molecular flexibility index (Phi) is 4.99. The number of amides is 1. The largest absolute Gasteiger partial charge is 0.316 e. The van der Waals surface area contributed by atoms with Crippen LogP contribution in [0.2, 0.25) is 0 Å². The Morgan fingerprint density at radius 2 is 2.30 bits per heavy atom. The van der Waals surface area contributed by atoms with Gasteiger partial charge in [-0.25, -0.2) is 0 Å². The molecule has 5 nitrogen and oxygen atoms in total. The molecular weight excluding hydrogens is 348 g/mol. The fourth-order valence-electron chi connectivity index (χ4n) is 2.58. The summed E-state index contributed by atoms with van der Waals surface area (Å²) in [4.78, 5) is 13.4. The number of thiophene rings is 1. The Bertz CT molecular complexity index is 774. The first kappa shape index (κ1) is 16.4. The molecule has 23 heavy (non-hydrogen) atoms. The molecule has 0 aliphatic heterocycles. The highest BCUT2D eigenvalue weighted by molar-refractivity contribution is 8.01. The highest BCUT2D eigenvalue weighted by Crippen LogP contribution is 2.39. The van der Waals surface area contributed by atoms with E-state index in [-0.39, 0.29) is 11.7 Å². The van der Waals surface area contributed by atoms with Crippen molar-refractivity contribution in [3.05, 3.63) is 21.0 Å². The van der Waals surface area contributed by atoms with E-state index in [1.54, 1.807) is 11.3 Å². The molecule has 0 aromatic carbocycles. The van der Waals surface area contributed by atoms with Gasteiger partial charge in [0.1, 0.15) is 16.1 Å². The summed E-state index contributed by atoms with van der Waals surface area (Å²) in [7, 11) is 0. The van der Waals surface area contributed by atoms with Gasteiger partial charge in [-0.05, 0) is 37.7 Å². The van der Waals surface area contributed by atoms with Crippen LogP contribution in [0.4, 0.5) is 5.00 Å². The summed E-state index contributed by atoms with van der Waals surface area (Å²) in [5.41, 5.74) is 1.79. The lowest BCUT2D eigenvalue weighted by molar-refractivity contribution is -0.113. The Morgan fingerprint density at radius 1 is 1.48 bits per heavy atom. The monoisotopic (exact) mass is 364 g/mol. The van der Waals surface area contributed by atoms with Crippen LogP contribution in [0, 0.1) is 24.2 Å². The third-order valence-electron chi connectivity index (χ3n) is 3.71. The van der Waals surface area contributed by atoms with Crippen LogP contribution >= 0.6 is 34.4 Å². The molecule has 0 radical (unpaired) electrons. The molecule has 0 saturated carbocycles. The summed E-state index contributed by atoms with van der Waals surface area (Å²) < 4.78 is 0.789. The normalized spacial score (nSPS) is 16.7. The van der Waals surface area contributed by atoms with Gasteiger partial charge in [-0.3, -0.25) is 4.79 Å². The number of carbonyl (C=O) groups is 1. The van der Waals surface area contributed by atoms with Crippen LogP contribution in [0.25, 0.3) is 0 Å². The Labute approximate surface area is 147 Å². The quantitative estimate of drug-likeness (QED) is 0.838. The third kappa shape index (κ3) is 3.74. The average molecular weight is 365 g/mol. The first-order valence-corrected chi connectivity index (χ1v) is 9.96. The van der Waals surface area contributed by atoms with Crippen molar-refractivity contribution in [2.45, 2.75) is 37.4 Å². The molecule has 2 aromatic heterocycles. The molecule has 0 spiro atoms. The van der Waals surface area contributed by atoms with Crippen molar-refractivity contribution >= 4 is 45.3 Å². The molecule has 1 aliphatic carbocycles. The zero-order chi connectivity index (χ0) is 16.4. The third-order valence-corrected chi connectivity index (χ3v) is 6.85. The van der Waals surface area contributed by atoms with Crippen LogP contribution in [0.3, 0.4) is 0 Å². The smallest absolute Gasteiger partial charge is 0.235 e. The van der Waals surface area contributed by atoms with Crippen molar-refractivity contribution < 1.29 is 4.79 Å². The van der Waals surface area contributed by atoms with Crippen LogP contribution in [0.5, 0.6) is 0 Å². The molecule has 2 heterocycles. The van der Waals surface area contributed by atoms with Gasteiger partial charge in [0.05, 0.1) is 11.3 Å². The van der Waals surface area contributed by atoms with Crippen molar-refractivity contribution in [3.63, 3.8) is 0 Å². The van der Waals surface area contributed by atoms with Crippen LogP contribution in [-0.4, -0.2) is 21.9 Å². The van der Waals surface area contributed by atoms with Crippen molar-refractivity contribution in [3.8, 4) is 6.07 Å². The SMILES string of the molecule is Cc1nnc(SCC(=O)Nc2sc3c(c2C#N)CC[C@@H](C)C3)s1. The molecule has 3 rings (SSSR count). The second kappa shape index (κ2) is 6.99. The van der Waals surface area contributed by atoms with E-state index in [2.05, 4.69) is 28.5 Å². The number of nitrogens with one attached hydrogen (secondary N) is 1. The van der Waals surface area contributed by atoms with Crippen molar-refractivity contribution in [2.24, 2.45) is 5.92 Å². The molecule has 120 valence electrons. The number of nitrogens with zero attached hydrogens (tertiary/aromatic N) is 3. The van der Waals surface area contributed by atoms with E-state index in [9.17, 15) is 10.1 Å². The molecule has 1 amide bonds. The summed E-state index contributed by atoms with van der Waals surface area (Å²) in [5, 5.41) is 21.9. The summed E-state index contributed by atoms with van der Waals surface area (Å²) in [6.07, 6.45) is 3.05. The molecule has 8 heteroatoms. The van der Waals surface area contributed by atoms with E-state index in [1.807, 2.05) is 6.92 Å². The maximum atomic E-state index is 12.2. The van der Waals surface area contributed by atoms with Crippen LogP contribution in [-0.2, 0) is 17.6 Å². The highest BCUT2D eigenvalue weighted by Gasteiger charge is 2.24. The minimum absolute atomic E-state index is 0.106. The lowest BCUT2D eigenvalue weighted by atomic mass is 9.89. The number of aryl methyl sites for hydroxylation is 1. The Hall–Kier alpha value is -1.43. The molecule has 0 saturated heterocycles. The van der Waals surface area contributed by atoms with Crippen molar-refractivity contribution in [2.75, 3.05) is 11.1 Å². The number of hydrogen-bond donors (Lipinski definition) is 1. The molecule has 1 atom stereocenters. The topological polar surface area (TPSA) is 78.7 Å². The predicted octanol–water partition coefficient (Wildman–Crippen LogP) is 3.64. The minimum atomic E-state index is -0.106. The van der Waals surface area contributed by atoms with E-state index >= 15 is 0 Å². The van der Waals surface area contributed by atoms with Gasteiger partial charge in [-0.2, -0.15) is 5.26 Å². The number of aromatic nitrogens is 2. The second-order valence-corrected chi connectivity index (χ2v) is 9.10. The number of thioether (sulfide) groups is 1. The highest BCUT2D eigenvalue weighted by atomic mass is 32.2. The van der Waals surface area contributed by atoms with E-state index in [4.69, 9.17) is 0 Å². The van der Waals surface area contributed by atoms with Gasteiger partial charge in [-0.1, -0.05) is 30.0 Å². The van der Waals surface area contributed by atoms with Gasteiger partial charge in [0.25, 0.3) is 0 Å². The number of anilines is 1. The predicted molar refractivity (Wildman–Crippen MR) is 94.2 cm³/mol. The number of hydrogen-bond acceptors (Lipinski definition) is 7. The second-order valence-electron chi connectivity index (χ2n) is 5.59. The molecule has 2 aromatic rings. The van der Waals surface area contributed by atoms with Gasteiger partial charge in [-0.15, -0.1) is 21.5 Å². The first-order valence-electron chi connectivity index (χ1n) is 7.34. The zero-order valence-corrected chi connectivity index (χ0v) is 15.3. The summed E-state index contributed by atoms with van der Waals surface area (Å²) >= 11 is 4.40. The lowest BCUT2D eigenvalue weighted by Crippen LogP contribution is -2.14. The van der Waals surface area contributed by atoms with Gasteiger partial charge < -0.3 is 5.32 Å². The number of rotatable bonds is 4. The Balaban J connectivity index is 1.67. The molecule has 1 N–H and O–H groups in total. The molecule has 1 aliphatic rings. The Morgan fingerprint density at radius 3 is 3.00 bits per heavy atom. The van der Waals surface area contributed by atoms with Crippen LogP contribution in [0.15, 0.2) is 4.34 Å². The molecule has 0 bridgehead atoms. The van der Waals surface area contributed by atoms with E-state index in [0.29, 0.717) is 16.5 Å². The zero-order valence-electron chi connectivity index (χ0n) is 12.9. The lowest BCUT2D eigenvalue weighted by Gasteiger charge is -2.17. The standard InChI is InChI=1S/C15H16N4OS3/c1-8-3-4-10-11(6-16)14(23-12(10)5-8)17-13(20)7-21-15-19-18-9(2)22-15/h8H,3-5,7H2,1-2H3,(H,17,20)/t8-/m1/s1. The van der Waals surface area contributed by atoms with Crippen molar-refractivity contribution in [1.82, 2.24) is 10.2 Å². The van der Waals surface area contributed by atoms with Gasteiger partial charge in [0.15, 0.2) is 4.34 Å². The number of fused-ring (bicyclic) bond motifs is 1. The molecule has 0 unspecified atom stereocenters. The van der Waals surface area contributed by atoms with E-state index < -0.39 is 0 Å². The van der Waals surface area contributed by atoms with Gasteiger partial charge in [0, 0.05) is 4.88 Å². The summed E-state index contributed by atoms with van der Waals surface area (Å²) in [5.74, 6) is 0.816. The maximum Gasteiger partial charge on any atom is 0.235 e.